The molecule has 0 heterocycles. The van der Waals surface area contributed by atoms with Crippen molar-refractivity contribution in [3.05, 3.63) is 0 Å². The predicted molar refractivity (Wildman–Crippen MR) is 42.0 cm³/mol. The molecule has 0 radical (unpaired) electrons. The summed E-state index contributed by atoms with van der Waals surface area (Å²) in [5.74, 6) is 0. The van der Waals surface area contributed by atoms with Crippen molar-refractivity contribution in [3.63, 3.8) is 0 Å². The molecule has 2 nitrogen and oxygen atoms in total. The summed E-state index contributed by atoms with van der Waals surface area (Å²) >= 11 is 0. The fourth-order valence-corrected chi connectivity index (χ4v) is 1.00. The third-order valence-electron chi connectivity index (χ3n) is 1.18. The lowest BCUT2D eigenvalue weighted by Crippen LogP contribution is -2.19. The second kappa shape index (κ2) is 4.69. The third kappa shape index (κ3) is 6.05. The molecular formula is C8H18O2. The summed E-state index contributed by atoms with van der Waals surface area (Å²) in [5, 5.41) is 8.96. The second-order valence-corrected chi connectivity index (χ2v) is 3.08. The van der Waals surface area contributed by atoms with Crippen LogP contribution in [-0.2, 0) is 4.74 Å². The standard InChI is InChI=1S/C8H18O2/c1-6(2)10-8(4)5-7(3)9/h6-9H,5H2,1-4H3/t7?,8-/m0/s1. The van der Waals surface area contributed by atoms with E-state index < -0.39 is 0 Å². The monoisotopic (exact) mass is 146 g/mol. The molecule has 0 rings (SSSR count). The van der Waals surface area contributed by atoms with Crippen LogP contribution in [0.1, 0.15) is 34.1 Å². The van der Waals surface area contributed by atoms with Crippen LogP contribution in [0.15, 0.2) is 0 Å². The Labute approximate surface area is 63.2 Å². The molecule has 1 unspecified atom stereocenters. The molecule has 0 bridgehead atoms. The van der Waals surface area contributed by atoms with Gasteiger partial charge in [0, 0.05) is 0 Å². The van der Waals surface area contributed by atoms with Crippen LogP contribution in [0.3, 0.4) is 0 Å². The van der Waals surface area contributed by atoms with E-state index in [-0.39, 0.29) is 18.3 Å². The Morgan fingerprint density at radius 3 is 2.00 bits per heavy atom. The quantitative estimate of drug-likeness (QED) is 0.652. The van der Waals surface area contributed by atoms with Crippen molar-refractivity contribution in [2.45, 2.75) is 52.4 Å². The normalized spacial score (nSPS) is 17.4. The molecule has 2 atom stereocenters. The summed E-state index contributed by atoms with van der Waals surface area (Å²) in [7, 11) is 0. The van der Waals surface area contributed by atoms with Gasteiger partial charge in [-0.05, 0) is 34.1 Å². The first kappa shape index (κ1) is 9.92. The maximum atomic E-state index is 8.96. The highest BCUT2D eigenvalue weighted by Crippen LogP contribution is 2.04. The van der Waals surface area contributed by atoms with Gasteiger partial charge in [-0.2, -0.15) is 0 Å². The van der Waals surface area contributed by atoms with Crippen LogP contribution in [0.4, 0.5) is 0 Å². The Hall–Kier alpha value is -0.0800. The van der Waals surface area contributed by atoms with Crippen LogP contribution < -0.4 is 0 Å². The molecule has 10 heavy (non-hydrogen) atoms. The van der Waals surface area contributed by atoms with Gasteiger partial charge < -0.3 is 9.84 Å². The second-order valence-electron chi connectivity index (χ2n) is 3.08. The molecule has 0 amide bonds. The zero-order valence-electron chi connectivity index (χ0n) is 7.29. The number of hydrogen-bond acceptors (Lipinski definition) is 2. The highest BCUT2D eigenvalue weighted by atomic mass is 16.5. The Morgan fingerprint density at radius 2 is 1.70 bits per heavy atom. The minimum Gasteiger partial charge on any atom is -0.393 e. The summed E-state index contributed by atoms with van der Waals surface area (Å²) in [6.45, 7) is 7.75. The lowest BCUT2D eigenvalue weighted by atomic mass is 10.2. The first-order chi connectivity index (χ1) is 4.52. The average Bonchev–Trinajstić information content (AvgIpc) is 1.58. The van der Waals surface area contributed by atoms with Crippen LogP contribution in [0.5, 0.6) is 0 Å². The number of ether oxygens (including phenoxy) is 1. The van der Waals surface area contributed by atoms with E-state index in [4.69, 9.17) is 9.84 Å². The first-order valence-corrected chi connectivity index (χ1v) is 3.86. The lowest BCUT2D eigenvalue weighted by molar-refractivity contribution is -0.00683. The molecule has 0 aliphatic heterocycles. The largest absolute Gasteiger partial charge is 0.393 e. The fourth-order valence-electron chi connectivity index (χ4n) is 1.00. The van der Waals surface area contributed by atoms with E-state index in [1.165, 1.54) is 0 Å². The fraction of sp³-hybridized carbons (Fsp3) is 1.00. The Balaban J connectivity index is 3.34. The van der Waals surface area contributed by atoms with Gasteiger partial charge in [-0.25, -0.2) is 0 Å². The molecule has 2 heteroatoms. The maximum absolute atomic E-state index is 8.96. The van der Waals surface area contributed by atoms with Gasteiger partial charge in [-0.1, -0.05) is 0 Å². The molecule has 62 valence electrons. The van der Waals surface area contributed by atoms with Crippen LogP contribution in [-0.4, -0.2) is 23.4 Å². The van der Waals surface area contributed by atoms with Gasteiger partial charge in [-0.3, -0.25) is 0 Å². The van der Waals surface area contributed by atoms with Crippen LogP contribution in [0, 0.1) is 0 Å². The van der Waals surface area contributed by atoms with Gasteiger partial charge in [0.25, 0.3) is 0 Å². The van der Waals surface area contributed by atoms with Gasteiger partial charge in [0.1, 0.15) is 0 Å². The highest BCUT2D eigenvalue weighted by Gasteiger charge is 2.07. The Kier molecular flexibility index (Phi) is 4.65. The molecule has 0 spiro atoms. The molecule has 0 aromatic heterocycles. The van der Waals surface area contributed by atoms with E-state index in [0.29, 0.717) is 0 Å². The number of aliphatic hydroxyl groups excluding tert-OH is 1. The Morgan fingerprint density at radius 1 is 1.20 bits per heavy atom. The van der Waals surface area contributed by atoms with E-state index in [9.17, 15) is 0 Å². The van der Waals surface area contributed by atoms with Crippen LogP contribution in [0.2, 0.25) is 0 Å². The number of hydrogen-bond donors (Lipinski definition) is 1. The van der Waals surface area contributed by atoms with E-state index in [1.807, 2.05) is 20.8 Å². The van der Waals surface area contributed by atoms with Crippen molar-refractivity contribution in [1.29, 1.82) is 0 Å². The van der Waals surface area contributed by atoms with Gasteiger partial charge in [-0.15, -0.1) is 0 Å². The van der Waals surface area contributed by atoms with Crippen LogP contribution in [0.25, 0.3) is 0 Å². The third-order valence-corrected chi connectivity index (χ3v) is 1.18. The van der Waals surface area contributed by atoms with Gasteiger partial charge in [0.15, 0.2) is 0 Å². The van der Waals surface area contributed by atoms with Crippen molar-refractivity contribution in [3.8, 4) is 0 Å². The van der Waals surface area contributed by atoms with Crippen molar-refractivity contribution in [2.24, 2.45) is 0 Å². The SMILES string of the molecule is CC(O)C[C@H](C)OC(C)C. The summed E-state index contributed by atoms with van der Waals surface area (Å²) in [4.78, 5) is 0. The van der Waals surface area contributed by atoms with Crippen LogP contribution >= 0.6 is 0 Å². The summed E-state index contributed by atoms with van der Waals surface area (Å²) in [5.41, 5.74) is 0. The lowest BCUT2D eigenvalue weighted by Gasteiger charge is -2.16. The molecule has 1 N–H and O–H groups in total. The van der Waals surface area contributed by atoms with E-state index in [1.54, 1.807) is 6.92 Å². The topological polar surface area (TPSA) is 29.5 Å². The zero-order chi connectivity index (χ0) is 8.15. The van der Waals surface area contributed by atoms with E-state index in [0.717, 1.165) is 6.42 Å². The molecule has 0 saturated heterocycles. The zero-order valence-corrected chi connectivity index (χ0v) is 7.29. The number of aliphatic hydroxyl groups is 1. The summed E-state index contributed by atoms with van der Waals surface area (Å²) < 4.78 is 5.40. The summed E-state index contributed by atoms with van der Waals surface area (Å²) in [6.07, 6.45) is 0.889. The smallest absolute Gasteiger partial charge is 0.0575 e. The predicted octanol–water partition coefficient (Wildman–Crippen LogP) is 1.57. The molecule has 0 aliphatic carbocycles. The van der Waals surface area contributed by atoms with Crippen molar-refractivity contribution in [1.82, 2.24) is 0 Å². The minimum atomic E-state index is -0.256. The van der Waals surface area contributed by atoms with Crippen molar-refractivity contribution in [2.75, 3.05) is 0 Å². The molecular weight excluding hydrogens is 128 g/mol. The van der Waals surface area contributed by atoms with E-state index >= 15 is 0 Å². The Bertz CT molecular complexity index is 69.3. The van der Waals surface area contributed by atoms with Gasteiger partial charge in [0.2, 0.25) is 0 Å². The maximum Gasteiger partial charge on any atom is 0.0575 e. The highest BCUT2D eigenvalue weighted by molar-refractivity contribution is 4.56. The molecule has 0 saturated carbocycles. The van der Waals surface area contributed by atoms with Gasteiger partial charge >= 0.3 is 0 Å². The average molecular weight is 146 g/mol. The minimum absolute atomic E-state index is 0.167. The summed E-state index contributed by atoms with van der Waals surface area (Å²) in [6, 6.07) is 0. The molecule has 0 fully saturated rings. The van der Waals surface area contributed by atoms with Crippen molar-refractivity contribution < 1.29 is 9.84 Å². The van der Waals surface area contributed by atoms with E-state index in [2.05, 4.69) is 0 Å². The first-order valence-electron chi connectivity index (χ1n) is 3.86. The number of rotatable bonds is 4. The molecule has 0 aromatic rings. The van der Waals surface area contributed by atoms with Gasteiger partial charge in [0.05, 0.1) is 18.3 Å². The van der Waals surface area contributed by atoms with Crippen molar-refractivity contribution >= 4 is 0 Å². The molecule has 0 aliphatic rings. The molecule has 0 aromatic carbocycles.